The minimum absolute atomic E-state index is 0.0971. The van der Waals surface area contributed by atoms with Crippen LogP contribution in [0.3, 0.4) is 0 Å². The van der Waals surface area contributed by atoms with Crippen molar-refractivity contribution in [1.29, 1.82) is 0 Å². The Balaban J connectivity index is 4.13. The smallest absolute Gasteiger partial charge is 0.351 e. The van der Waals surface area contributed by atoms with E-state index in [2.05, 4.69) is 9.47 Å². The second-order valence-electron chi connectivity index (χ2n) is 2.31. The fraction of sp³-hybridized carbons (Fsp3) is 0.714. The van der Waals surface area contributed by atoms with E-state index < -0.39 is 17.0 Å². The maximum atomic E-state index is 10.7. The first kappa shape index (κ1) is 12.2. The number of methoxy groups -OCH3 is 2. The molecule has 1 N–H and O–H groups in total. The minimum Gasteiger partial charge on any atom is -0.478 e. The summed E-state index contributed by atoms with van der Waals surface area (Å²) in [6.07, 6.45) is -0.229. The first-order valence-electron chi connectivity index (χ1n) is 3.50. The highest BCUT2D eigenvalue weighted by Gasteiger charge is 2.36. The molecule has 0 aliphatic heterocycles. The van der Waals surface area contributed by atoms with Gasteiger partial charge in [-0.1, -0.05) is 11.6 Å². The molecule has 0 heterocycles. The van der Waals surface area contributed by atoms with Crippen molar-refractivity contribution < 1.29 is 24.2 Å². The Hall–Kier alpha value is -0.810. The molecule has 0 aliphatic carbocycles. The van der Waals surface area contributed by atoms with Crippen LogP contribution >= 0.6 is 11.6 Å². The van der Waals surface area contributed by atoms with Crippen LogP contribution in [-0.4, -0.2) is 36.3 Å². The molecule has 1 unspecified atom stereocenters. The topological polar surface area (TPSA) is 72.8 Å². The molecule has 5 nitrogen and oxygen atoms in total. The number of rotatable bonds is 5. The van der Waals surface area contributed by atoms with E-state index in [1.807, 2.05) is 0 Å². The normalized spacial score (nSPS) is 14.7. The molecule has 0 saturated carbocycles. The van der Waals surface area contributed by atoms with Crippen LogP contribution in [0.2, 0.25) is 0 Å². The fourth-order valence-electron chi connectivity index (χ4n) is 0.661. The second-order valence-corrected chi connectivity index (χ2v) is 2.92. The van der Waals surface area contributed by atoms with Crippen molar-refractivity contribution in [3.8, 4) is 0 Å². The Kier molecular flexibility index (Phi) is 4.72. The maximum Gasteiger partial charge on any atom is 0.351 e. The maximum absolute atomic E-state index is 10.7. The Morgan fingerprint density at radius 3 is 2.31 bits per heavy atom. The number of carboxylic acid groups (broad SMARTS) is 1. The largest absolute Gasteiger partial charge is 0.478 e. The van der Waals surface area contributed by atoms with Crippen LogP contribution in [0.4, 0.5) is 0 Å². The number of alkyl halides is 1. The van der Waals surface area contributed by atoms with Crippen molar-refractivity contribution in [2.45, 2.75) is 17.9 Å². The van der Waals surface area contributed by atoms with Gasteiger partial charge in [0.05, 0.1) is 13.5 Å². The molecule has 0 aliphatic rings. The Morgan fingerprint density at radius 2 is 2.00 bits per heavy atom. The Labute approximate surface area is 80.6 Å². The SMILES string of the molecule is COC(=O)CCC(Cl)(OC)C(=O)O. The van der Waals surface area contributed by atoms with Gasteiger partial charge in [-0.2, -0.15) is 0 Å². The van der Waals surface area contributed by atoms with Gasteiger partial charge in [-0.05, 0) is 0 Å². The number of ether oxygens (including phenoxy) is 2. The van der Waals surface area contributed by atoms with Crippen molar-refractivity contribution >= 4 is 23.5 Å². The molecule has 0 radical (unpaired) electrons. The van der Waals surface area contributed by atoms with Crippen LogP contribution in [0.25, 0.3) is 0 Å². The molecule has 0 fully saturated rings. The average Bonchev–Trinajstić information content (AvgIpc) is 2.13. The molecule has 6 heteroatoms. The molecule has 1 atom stereocenters. The zero-order valence-electron chi connectivity index (χ0n) is 7.37. The van der Waals surface area contributed by atoms with Crippen molar-refractivity contribution in [2.75, 3.05) is 14.2 Å². The second kappa shape index (κ2) is 5.04. The third-order valence-electron chi connectivity index (χ3n) is 1.52. The summed E-state index contributed by atoms with van der Waals surface area (Å²) in [6, 6.07) is 0. The van der Waals surface area contributed by atoms with Crippen LogP contribution in [0.15, 0.2) is 0 Å². The van der Waals surface area contributed by atoms with Crippen molar-refractivity contribution in [2.24, 2.45) is 0 Å². The Morgan fingerprint density at radius 1 is 1.46 bits per heavy atom. The lowest BCUT2D eigenvalue weighted by Crippen LogP contribution is -2.35. The molecule has 0 saturated heterocycles. The summed E-state index contributed by atoms with van der Waals surface area (Å²) < 4.78 is 8.88. The molecule has 0 bridgehead atoms. The van der Waals surface area contributed by atoms with E-state index in [4.69, 9.17) is 16.7 Å². The van der Waals surface area contributed by atoms with Gasteiger partial charge >= 0.3 is 11.9 Å². The van der Waals surface area contributed by atoms with Crippen LogP contribution in [0.1, 0.15) is 12.8 Å². The molecular weight excluding hydrogens is 200 g/mol. The van der Waals surface area contributed by atoms with Crippen LogP contribution < -0.4 is 0 Å². The number of carboxylic acids is 1. The van der Waals surface area contributed by atoms with Crippen molar-refractivity contribution in [1.82, 2.24) is 0 Å². The summed E-state index contributed by atoms with van der Waals surface area (Å²) in [4.78, 5) is 21.2. The number of carbonyl (C=O) groups excluding carboxylic acids is 1. The van der Waals surface area contributed by atoms with E-state index in [1.54, 1.807) is 0 Å². The average molecular weight is 211 g/mol. The number of hydrogen-bond donors (Lipinski definition) is 1. The van der Waals surface area contributed by atoms with Gasteiger partial charge in [0.2, 0.25) is 5.06 Å². The van der Waals surface area contributed by atoms with Crippen LogP contribution in [0, 0.1) is 0 Å². The van der Waals surface area contributed by atoms with Gasteiger partial charge in [0, 0.05) is 13.5 Å². The summed E-state index contributed by atoms with van der Waals surface area (Å²) in [5.74, 6) is -1.84. The van der Waals surface area contributed by atoms with Gasteiger partial charge in [-0.25, -0.2) is 4.79 Å². The van der Waals surface area contributed by atoms with Gasteiger partial charge in [0.1, 0.15) is 0 Å². The van der Waals surface area contributed by atoms with Gasteiger partial charge in [0.15, 0.2) is 0 Å². The molecule has 0 aromatic carbocycles. The first-order chi connectivity index (χ1) is 5.96. The van der Waals surface area contributed by atoms with Gasteiger partial charge in [-0.15, -0.1) is 0 Å². The van der Waals surface area contributed by atoms with E-state index in [9.17, 15) is 9.59 Å². The van der Waals surface area contributed by atoms with E-state index in [-0.39, 0.29) is 12.8 Å². The van der Waals surface area contributed by atoms with Crippen molar-refractivity contribution in [3.63, 3.8) is 0 Å². The van der Waals surface area contributed by atoms with Crippen LogP contribution in [-0.2, 0) is 19.1 Å². The van der Waals surface area contributed by atoms with Crippen molar-refractivity contribution in [3.05, 3.63) is 0 Å². The summed E-state index contributed by atoms with van der Waals surface area (Å²) in [6.45, 7) is 0. The zero-order valence-corrected chi connectivity index (χ0v) is 8.13. The van der Waals surface area contributed by atoms with E-state index >= 15 is 0 Å². The van der Waals surface area contributed by atoms with Crippen LogP contribution in [0.5, 0.6) is 0 Å². The summed E-state index contributed by atoms with van der Waals surface area (Å²) in [7, 11) is 2.38. The lowest BCUT2D eigenvalue weighted by atomic mass is 10.2. The van der Waals surface area contributed by atoms with Gasteiger partial charge in [-0.3, -0.25) is 4.79 Å². The molecule has 76 valence electrons. The summed E-state index contributed by atoms with van der Waals surface area (Å²) >= 11 is 5.53. The van der Waals surface area contributed by atoms with E-state index in [1.165, 1.54) is 14.2 Å². The molecule has 0 amide bonds. The Bertz CT molecular complexity index is 205. The zero-order chi connectivity index (χ0) is 10.5. The highest BCUT2D eigenvalue weighted by molar-refractivity contribution is 6.32. The van der Waals surface area contributed by atoms with Gasteiger partial charge in [0.25, 0.3) is 0 Å². The molecule has 0 rings (SSSR count). The molecule has 13 heavy (non-hydrogen) atoms. The lowest BCUT2D eigenvalue weighted by Gasteiger charge is -2.19. The predicted molar refractivity (Wildman–Crippen MR) is 44.5 cm³/mol. The predicted octanol–water partition coefficient (Wildman–Crippen LogP) is 0.606. The number of aliphatic carboxylic acids is 1. The standard InChI is InChI=1S/C7H11ClO5/c1-12-5(9)3-4-7(8,13-2)6(10)11/h3-4H2,1-2H3,(H,10,11). The summed E-state index contributed by atoms with van der Waals surface area (Å²) in [5.41, 5.74) is 0. The van der Waals surface area contributed by atoms with E-state index in [0.29, 0.717) is 0 Å². The lowest BCUT2D eigenvalue weighted by molar-refractivity contribution is -0.154. The number of esters is 1. The third kappa shape index (κ3) is 3.61. The summed E-state index contributed by atoms with van der Waals surface area (Å²) in [5, 5.41) is 6.77. The number of hydrogen-bond acceptors (Lipinski definition) is 4. The highest BCUT2D eigenvalue weighted by atomic mass is 35.5. The fourth-order valence-corrected chi connectivity index (χ4v) is 0.756. The monoisotopic (exact) mass is 210 g/mol. The molecule has 0 aromatic rings. The number of carbonyl (C=O) groups is 2. The molecule has 0 aromatic heterocycles. The quantitative estimate of drug-likeness (QED) is 0.532. The van der Waals surface area contributed by atoms with Gasteiger partial charge < -0.3 is 14.6 Å². The number of halogens is 1. The molecular formula is C7H11ClO5. The molecule has 0 spiro atoms. The highest BCUT2D eigenvalue weighted by Crippen LogP contribution is 2.23. The minimum atomic E-state index is -1.84. The van der Waals surface area contributed by atoms with E-state index in [0.717, 1.165) is 0 Å². The first-order valence-corrected chi connectivity index (χ1v) is 3.88. The third-order valence-corrected chi connectivity index (χ3v) is 2.03.